The summed E-state index contributed by atoms with van der Waals surface area (Å²) in [5, 5.41) is 6.20. The van der Waals surface area contributed by atoms with E-state index in [0.717, 1.165) is 30.5 Å². The normalized spacial score (nSPS) is 12.1. The highest BCUT2D eigenvalue weighted by molar-refractivity contribution is 6.32. The topological polar surface area (TPSA) is 75.3 Å². The number of ketones is 2. The van der Waals surface area contributed by atoms with Crippen molar-refractivity contribution in [3.05, 3.63) is 124 Å². The van der Waals surface area contributed by atoms with Gasteiger partial charge in [0.2, 0.25) is 0 Å². The van der Waals surface area contributed by atoms with Crippen molar-refractivity contribution in [3.63, 3.8) is 0 Å². The van der Waals surface area contributed by atoms with Crippen molar-refractivity contribution in [1.82, 2.24) is 0 Å². The molecule has 0 saturated heterocycles. The first-order valence-electron chi connectivity index (χ1n) is 12.6. The van der Waals surface area contributed by atoms with Gasteiger partial charge in [-0.25, -0.2) is 0 Å². The Morgan fingerprint density at radius 2 is 1.41 bits per heavy atom. The Morgan fingerprint density at radius 1 is 0.757 bits per heavy atom. The third kappa shape index (κ3) is 4.81. The molecule has 0 unspecified atom stereocenters. The number of unbranched alkanes of at least 4 members (excludes halogenated alkanes) is 1. The summed E-state index contributed by atoms with van der Waals surface area (Å²) >= 11 is 0. The number of carbonyl (C=O) groups is 3. The summed E-state index contributed by atoms with van der Waals surface area (Å²) < 4.78 is 0. The van der Waals surface area contributed by atoms with Crippen LogP contribution in [0.15, 0.2) is 84.9 Å². The molecule has 0 radical (unpaired) electrons. The van der Waals surface area contributed by atoms with Gasteiger partial charge in [0, 0.05) is 22.4 Å². The fourth-order valence-corrected chi connectivity index (χ4v) is 4.71. The number of anilines is 3. The Hall–Kier alpha value is -4.51. The maximum absolute atomic E-state index is 13.7. The van der Waals surface area contributed by atoms with Crippen LogP contribution in [0.25, 0.3) is 0 Å². The summed E-state index contributed by atoms with van der Waals surface area (Å²) in [5.41, 5.74) is 5.54. The van der Waals surface area contributed by atoms with Crippen LogP contribution in [0.2, 0.25) is 0 Å². The predicted molar refractivity (Wildman–Crippen MR) is 147 cm³/mol. The van der Waals surface area contributed by atoms with Crippen LogP contribution in [-0.2, 0) is 6.42 Å². The first-order valence-corrected chi connectivity index (χ1v) is 12.6. The van der Waals surface area contributed by atoms with Gasteiger partial charge in [0.25, 0.3) is 5.91 Å². The van der Waals surface area contributed by atoms with E-state index >= 15 is 0 Å². The lowest BCUT2D eigenvalue weighted by atomic mass is 9.82. The molecule has 5 nitrogen and oxygen atoms in total. The molecule has 0 heterocycles. The number of benzene rings is 4. The quantitative estimate of drug-likeness (QED) is 0.256. The third-order valence-electron chi connectivity index (χ3n) is 6.66. The van der Waals surface area contributed by atoms with E-state index in [1.807, 2.05) is 43.3 Å². The van der Waals surface area contributed by atoms with Gasteiger partial charge in [0.1, 0.15) is 0 Å². The van der Waals surface area contributed by atoms with E-state index in [1.54, 1.807) is 48.5 Å². The van der Waals surface area contributed by atoms with E-state index < -0.39 is 0 Å². The zero-order chi connectivity index (χ0) is 25.9. The highest BCUT2D eigenvalue weighted by Crippen LogP contribution is 2.37. The number of hydrogen-bond donors (Lipinski definition) is 2. The monoisotopic (exact) mass is 488 g/mol. The van der Waals surface area contributed by atoms with E-state index in [2.05, 4.69) is 17.6 Å². The highest BCUT2D eigenvalue weighted by Gasteiger charge is 2.34. The molecule has 184 valence electrons. The van der Waals surface area contributed by atoms with E-state index in [-0.39, 0.29) is 28.6 Å². The van der Waals surface area contributed by atoms with E-state index in [0.29, 0.717) is 28.1 Å². The first kappa shape index (κ1) is 24.2. The Bertz CT molecular complexity index is 1520. The van der Waals surface area contributed by atoms with Crippen molar-refractivity contribution in [1.29, 1.82) is 0 Å². The molecule has 0 spiro atoms. The summed E-state index contributed by atoms with van der Waals surface area (Å²) in [7, 11) is 0. The van der Waals surface area contributed by atoms with Gasteiger partial charge in [0.05, 0.1) is 22.5 Å². The second-order valence-electron chi connectivity index (χ2n) is 9.36. The fraction of sp³-hybridized carbons (Fsp3) is 0.156. The second-order valence-corrected chi connectivity index (χ2v) is 9.36. The average molecular weight is 489 g/mol. The minimum Gasteiger partial charge on any atom is -0.355 e. The van der Waals surface area contributed by atoms with Crippen LogP contribution in [0.1, 0.15) is 73.1 Å². The van der Waals surface area contributed by atoms with E-state index in [1.165, 1.54) is 5.56 Å². The molecule has 4 aromatic rings. The minimum atomic E-state index is -0.331. The van der Waals surface area contributed by atoms with Gasteiger partial charge < -0.3 is 10.6 Å². The number of rotatable bonds is 7. The maximum atomic E-state index is 13.7. The summed E-state index contributed by atoms with van der Waals surface area (Å²) in [6.45, 7) is 4.13. The highest BCUT2D eigenvalue weighted by atomic mass is 16.2. The molecular formula is C32H28N2O3. The molecule has 1 aliphatic rings. The number of carbonyl (C=O) groups excluding carboxylic acids is 3. The molecule has 5 rings (SSSR count). The molecule has 37 heavy (non-hydrogen) atoms. The molecular weight excluding hydrogens is 460 g/mol. The van der Waals surface area contributed by atoms with Crippen molar-refractivity contribution in [2.24, 2.45) is 0 Å². The number of amides is 1. The van der Waals surface area contributed by atoms with Gasteiger partial charge in [-0.15, -0.1) is 0 Å². The van der Waals surface area contributed by atoms with Gasteiger partial charge in [-0.2, -0.15) is 0 Å². The zero-order valence-corrected chi connectivity index (χ0v) is 20.9. The van der Waals surface area contributed by atoms with Crippen LogP contribution >= 0.6 is 0 Å². The van der Waals surface area contributed by atoms with Crippen molar-refractivity contribution >= 4 is 34.5 Å². The Kier molecular flexibility index (Phi) is 6.69. The molecule has 0 bridgehead atoms. The van der Waals surface area contributed by atoms with Crippen LogP contribution in [0.5, 0.6) is 0 Å². The van der Waals surface area contributed by atoms with Crippen LogP contribution in [0.3, 0.4) is 0 Å². The Morgan fingerprint density at radius 3 is 2.05 bits per heavy atom. The van der Waals surface area contributed by atoms with Crippen LogP contribution < -0.4 is 10.6 Å². The Labute approximate surface area is 216 Å². The van der Waals surface area contributed by atoms with Gasteiger partial charge in [-0.05, 0) is 67.3 Å². The molecule has 5 heteroatoms. The fourth-order valence-electron chi connectivity index (χ4n) is 4.71. The van der Waals surface area contributed by atoms with Crippen LogP contribution in [0, 0.1) is 6.92 Å². The van der Waals surface area contributed by atoms with Gasteiger partial charge in [-0.3, -0.25) is 14.4 Å². The van der Waals surface area contributed by atoms with E-state index in [4.69, 9.17) is 0 Å². The van der Waals surface area contributed by atoms with E-state index in [9.17, 15) is 14.4 Å². The molecule has 0 fully saturated rings. The SMILES string of the molecule is CCCCc1ccc(C(=O)Nc2ccc(Nc3cccc(C)c3)c3c2C(=O)c2ccccc2C3=O)cc1. The molecule has 0 saturated carbocycles. The minimum absolute atomic E-state index is 0.203. The number of nitrogens with one attached hydrogen (secondary N) is 2. The van der Waals surface area contributed by atoms with Crippen molar-refractivity contribution in [3.8, 4) is 0 Å². The standard InChI is InChI=1S/C32H28N2O3/c1-3-4-9-21-13-15-22(16-14-21)32(37)34-27-18-17-26(33-23-10-7-8-20(2)19-23)28-29(27)31(36)25-12-6-5-11-24(25)30(28)35/h5-8,10-19,33H,3-4,9H2,1-2H3,(H,34,37). The van der Waals surface area contributed by atoms with Crippen molar-refractivity contribution < 1.29 is 14.4 Å². The lowest BCUT2D eigenvalue weighted by Crippen LogP contribution is -2.25. The summed E-state index contributed by atoms with van der Waals surface area (Å²) in [4.78, 5) is 40.5. The first-order chi connectivity index (χ1) is 18.0. The average Bonchev–Trinajstić information content (AvgIpc) is 2.91. The third-order valence-corrected chi connectivity index (χ3v) is 6.66. The van der Waals surface area contributed by atoms with Gasteiger partial charge in [0.15, 0.2) is 11.6 Å². The molecule has 1 aliphatic carbocycles. The summed E-state index contributed by atoms with van der Waals surface area (Å²) in [6.07, 6.45) is 3.17. The number of fused-ring (bicyclic) bond motifs is 2. The Balaban J connectivity index is 1.54. The number of aryl methyl sites for hydroxylation is 2. The predicted octanol–water partition coefficient (Wildman–Crippen LogP) is 7.11. The molecule has 4 aromatic carbocycles. The van der Waals surface area contributed by atoms with Gasteiger partial charge >= 0.3 is 0 Å². The second kappa shape index (κ2) is 10.2. The smallest absolute Gasteiger partial charge is 0.255 e. The van der Waals surface area contributed by atoms with Crippen LogP contribution in [-0.4, -0.2) is 17.5 Å². The van der Waals surface area contributed by atoms with Gasteiger partial charge in [-0.1, -0.05) is 61.9 Å². The zero-order valence-electron chi connectivity index (χ0n) is 20.9. The largest absolute Gasteiger partial charge is 0.355 e. The molecule has 2 N–H and O–H groups in total. The maximum Gasteiger partial charge on any atom is 0.255 e. The number of hydrogen-bond acceptors (Lipinski definition) is 4. The molecule has 0 aromatic heterocycles. The molecule has 0 atom stereocenters. The van der Waals surface area contributed by atoms with Crippen LogP contribution in [0.4, 0.5) is 17.1 Å². The molecule has 0 aliphatic heterocycles. The lowest BCUT2D eigenvalue weighted by molar-refractivity contribution is 0.0979. The molecule has 1 amide bonds. The lowest BCUT2D eigenvalue weighted by Gasteiger charge is -2.23. The summed E-state index contributed by atoms with van der Waals surface area (Å²) in [5.74, 6) is -0.872. The summed E-state index contributed by atoms with van der Waals surface area (Å²) in [6, 6.07) is 25.5. The van der Waals surface area contributed by atoms with Crippen molar-refractivity contribution in [2.75, 3.05) is 10.6 Å². The van der Waals surface area contributed by atoms with Crippen molar-refractivity contribution in [2.45, 2.75) is 33.1 Å².